The molecule has 0 atom stereocenters. The van der Waals surface area contributed by atoms with E-state index in [-0.39, 0.29) is 11.8 Å². The summed E-state index contributed by atoms with van der Waals surface area (Å²) in [4.78, 5) is 14.2. The molecule has 0 radical (unpaired) electrons. The first-order chi connectivity index (χ1) is 13.3. The molecule has 0 saturated heterocycles. The van der Waals surface area contributed by atoms with Gasteiger partial charge in [-0.3, -0.25) is 0 Å². The highest BCUT2D eigenvalue weighted by molar-refractivity contribution is 5.78. The SMILES string of the molecule is C=C(NC(=O)N1Cc2ccc(C)cc2C1)/C(N)=C\C=C(/C)c1ccc(F)cc1. The molecular formula is C23H24FN3O. The van der Waals surface area contributed by atoms with Crippen molar-refractivity contribution in [2.75, 3.05) is 0 Å². The molecule has 0 spiro atoms. The average Bonchev–Trinajstić information content (AvgIpc) is 3.09. The zero-order valence-electron chi connectivity index (χ0n) is 16.1. The van der Waals surface area contributed by atoms with Gasteiger partial charge >= 0.3 is 6.03 Å². The monoisotopic (exact) mass is 377 g/mol. The number of nitrogens with one attached hydrogen (secondary N) is 1. The number of amides is 2. The molecule has 0 saturated carbocycles. The van der Waals surface area contributed by atoms with E-state index in [9.17, 15) is 9.18 Å². The highest BCUT2D eigenvalue weighted by atomic mass is 19.1. The van der Waals surface area contributed by atoms with Crippen LogP contribution >= 0.6 is 0 Å². The number of fused-ring (bicyclic) bond motifs is 1. The fraction of sp³-hybridized carbons (Fsp3) is 0.174. The fourth-order valence-electron chi connectivity index (χ4n) is 3.07. The van der Waals surface area contributed by atoms with Gasteiger partial charge in [-0.2, -0.15) is 0 Å². The minimum atomic E-state index is -0.276. The third-order valence-corrected chi connectivity index (χ3v) is 4.79. The Morgan fingerprint density at radius 2 is 1.82 bits per heavy atom. The van der Waals surface area contributed by atoms with E-state index in [0.717, 1.165) is 16.7 Å². The molecular weight excluding hydrogens is 353 g/mol. The van der Waals surface area contributed by atoms with Crippen molar-refractivity contribution in [3.63, 3.8) is 0 Å². The molecule has 28 heavy (non-hydrogen) atoms. The normalized spacial score (nSPS) is 14.0. The van der Waals surface area contributed by atoms with E-state index in [4.69, 9.17) is 5.73 Å². The standard InChI is InChI=1S/C23H24FN3O/c1-15-4-6-19-13-27(14-20(19)12-15)23(28)26-17(3)22(25)11-5-16(2)18-7-9-21(24)10-8-18/h4-12H,3,13-14,25H2,1-2H3,(H,26,28)/b16-5+,22-11+. The van der Waals surface area contributed by atoms with Gasteiger partial charge in [-0.05, 0) is 54.3 Å². The highest BCUT2D eigenvalue weighted by Gasteiger charge is 2.23. The van der Waals surface area contributed by atoms with Crippen molar-refractivity contribution in [1.29, 1.82) is 0 Å². The first kappa shape index (κ1) is 19.4. The van der Waals surface area contributed by atoms with E-state index in [0.29, 0.717) is 24.5 Å². The van der Waals surface area contributed by atoms with Crippen molar-refractivity contribution < 1.29 is 9.18 Å². The van der Waals surface area contributed by atoms with Crippen LogP contribution in [0.4, 0.5) is 9.18 Å². The van der Waals surface area contributed by atoms with E-state index in [2.05, 4.69) is 30.1 Å². The zero-order chi connectivity index (χ0) is 20.3. The van der Waals surface area contributed by atoms with Crippen molar-refractivity contribution >= 4 is 11.6 Å². The van der Waals surface area contributed by atoms with Gasteiger partial charge in [0.25, 0.3) is 0 Å². The summed E-state index contributed by atoms with van der Waals surface area (Å²) in [6.45, 7) is 8.95. The molecule has 0 aliphatic carbocycles. The Labute approximate surface area is 164 Å². The van der Waals surface area contributed by atoms with Gasteiger partial charge in [0.2, 0.25) is 0 Å². The van der Waals surface area contributed by atoms with E-state index in [1.54, 1.807) is 23.1 Å². The summed E-state index contributed by atoms with van der Waals surface area (Å²) >= 11 is 0. The van der Waals surface area contributed by atoms with E-state index < -0.39 is 0 Å². The zero-order valence-corrected chi connectivity index (χ0v) is 16.1. The van der Waals surface area contributed by atoms with Gasteiger partial charge in [0, 0.05) is 13.1 Å². The van der Waals surface area contributed by atoms with Gasteiger partial charge in [0.1, 0.15) is 5.82 Å². The number of allylic oxidation sites excluding steroid dienone is 3. The van der Waals surface area contributed by atoms with E-state index in [1.165, 1.54) is 23.3 Å². The third-order valence-electron chi connectivity index (χ3n) is 4.79. The molecule has 0 unspecified atom stereocenters. The van der Waals surface area contributed by atoms with Crippen LogP contribution in [0, 0.1) is 12.7 Å². The molecule has 4 nitrogen and oxygen atoms in total. The Morgan fingerprint density at radius 3 is 2.54 bits per heavy atom. The van der Waals surface area contributed by atoms with Crippen molar-refractivity contribution in [2.24, 2.45) is 5.73 Å². The summed E-state index contributed by atoms with van der Waals surface area (Å²) in [7, 11) is 0. The summed E-state index contributed by atoms with van der Waals surface area (Å²) in [6.07, 6.45) is 3.50. The van der Waals surface area contributed by atoms with Crippen LogP contribution in [0.3, 0.4) is 0 Å². The van der Waals surface area contributed by atoms with Crippen LogP contribution in [0.2, 0.25) is 0 Å². The lowest BCUT2D eigenvalue weighted by Gasteiger charge is -2.17. The van der Waals surface area contributed by atoms with Crippen LogP contribution in [-0.4, -0.2) is 10.9 Å². The maximum absolute atomic E-state index is 13.0. The lowest BCUT2D eigenvalue weighted by molar-refractivity contribution is 0.201. The lowest BCUT2D eigenvalue weighted by atomic mass is 10.1. The molecule has 1 aliphatic heterocycles. The summed E-state index contributed by atoms with van der Waals surface area (Å²) in [5.74, 6) is -0.276. The number of benzene rings is 2. The van der Waals surface area contributed by atoms with Crippen LogP contribution in [0.15, 0.2) is 72.6 Å². The van der Waals surface area contributed by atoms with E-state index in [1.807, 2.05) is 19.9 Å². The first-order valence-electron chi connectivity index (χ1n) is 9.07. The van der Waals surface area contributed by atoms with Crippen LogP contribution in [0.5, 0.6) is 0 Å². The Hall–Kier alpha value is -3.34. The largest absolute Gasteiger partial charge is 0.397 e. The van der Waals surface area contributed by atoms with Gasteiger partial charge in [-0.1, -0.05) is 48.6 Å². The number of halogens is 1. The number of urea groups is 1. The second-order valence-corrected chi connectivity index (χ2v) is 7.02. The second-order valence-electron chi connectivity index (χ2n) is 7.02. The lowest BCUT2D eigenvalue weighted by Crippen LogP contribution is -2.36. The minimum absolute atomic E-state index is 0.227. The highest BCUT2D eigenvalue weighted by Crippen LogP contribution is 2.24. The molecule has 2 amide bonds. The number of rotatable bonds is 4. The average molecular weight is 377 g/mol. The Kier molecular flexibility index (Phi) is 5.64. The van der Waals surface area contributed by atoms with Gasteiger partial charge < -0.3 is 16.0 Å². The Bertz CT molecular complexity index is 974. The van der Waals surface area contributed by atoms with Gasteiger partial charge in [0.05, 0.1) is 11.4 Å². The number of carbonyl (C=O) groups is 1. The van der Waals surface area contributed by atoms with Crippen LogP contribution in [-0.2, 0) is 13.1 Å². The van der Waals surface area contributed by atoms with Crippen molar-refractivity contribution in [3.8, 4) is 0 Å². The predicted molar refractivity (Wildman–Crippen MR) is 110 cm³/mol. The second kappa shape index (κ2) is 8.13. The third kappa shape index (κ3) is 4.49. The van der Waals surface area contributed by atoms with E-state index >= 15 is 0 Å². The summed E-state index contributed by atoms with van der Waals surface area (Å²) < 4.78 is 13.0. The number of nitrogens with two attached hydrogens (primary N) is 1. The molecule has 1 heterocycles. The Morgan fingerprint density at radius 1 is 1.14 bits per heavy atom. The summed E-state index contributed by atoms with van der Waals surface area (Å²) in [6, 6.07) is 12.2. The molecule has 5 heteroatoms. The molecule has 2 aromatic rings. The number of aryl methyl sites for hydroxylation is 1. The van der Waals surface area contributed by atoms with Gasteiger partial charge in [-0.25, -0.2) is 9.18 Å². The quantitative estimate of drug-likeness (QED) is 0.764. The summed E-state index contributed by atoms with van der Waals surface area (Å²) in [5.41, 5.74) is 12.1. The fourth-order valence-corrected chi connectivity index (χ4v) is 3.07. The van der Waals surface area contributed by atoms with Crippen molar-refractivity contribution in [3.05, 3.63) is 101 Å². The molecule has 0 aromatic heterocycles. The van der Waals surface area contributed by atoms with Gasteiger partial charge in [-0.15, -0.1) is 0 Å². The Balaban J connectivity index is 1.61. The number of hydrogen-bond acceptors (Lipinski definition) is 2. The van der Waals surface area contributed by atoms with Crippen LogP contribution < -0.4 is 11.1 Å². The van der Waals surface area contributed by atoms with Crippen LogP contribution in [0.25, 0.3) is 5.57 Å². The van der Waals surface area contributed by atoms with Crippen LogP contribution in [0.1, 0.15) is 29.2 Å². The maximum Gasteiger partial charge on any atom is 0.322 e. The van der Waals surface area contributed by atoms with Crippen molar-refractivity contribution in [2.45, 2.75) is 26.9 Å². The topological polar surface area (TPSA) is 58.4 Å². The molecule has 2 aromatic carbocycles. The van der Waals surface area contributed by atoms with Crippen molar-refractivity contribution in [1.82, 2.24) is 10.2 Å². The molecule has 0 bridgehead atoms. The number of nitrogens with zero attached hydrogens (tertiary/aromatic N) is 1. The minimum Gasteiger partial charge on any atom is -0.397 e. The smallest absolute Gasteiger partial charge is 0.322 e. The predicted octanol–water partition coefficient (Wildman–Crippen LogP) is 4.62. The molecule has 144 valence electrons. The molecule has 1 aliphatic rings. The first-order valence-corrected chi connectivity index (χ1v) is 9.07. The molecule has 3 N–H and O–H groups in total. The number of carbonyl (C=O) groups excluding carboxylic acids is 1. The van der Waals surface area contributed by atoms with Gasteiger partial charge in [0.15, 0.2) is 0 Å². The summed E-state index contributed by atoms with van der Waals surface area (Å²) in [5, 5.41) is 2.76. The molecule has 0 fully saturated rings. The number of hydrogen-bond donors (Lipinski definition) is 2. The molecule has 3 rings (SSSR count). The maximum atomic E-state index is 13.0.